The van der Waals surface area contributed by atoms with Gasteiger partial charge in [-0.2, -0.15) is 41.3 Å². The van der Waals surface area contributed by atoms with Gasteiger partial charge >= 0.3 is 20.4 Å². The van der Waals surface area contributed by atoms with Gasteiger partial charge in [0.15, 0.2) is 0 Å². The van der Waals surface area contributed by atoms with E-state index in [1.54, 1.807) is 0 Å². The maximum atomic E-state index is 4.01. The topological polar surface area (TPSA) is 0 Å². The maximum absolute atomic E-state index is 4.01. The molecule has 0 atom stereocenters. The van der Waals surface area contributed by atoms with E-state index in [9.17, 15) is 0 Å². The summed E-state index contributed by atoms with van der Waals surface area (Å²) < 4.78 is 0. The molecule has 0 aliphatic carbocycles. The van der Waals surface area contributed by atoms with Crippen LogP contribution in [-0.2, 0) is 25.8 Å². The third kappa shape index (κ3) is 3.19. The average Bonchev–Trinajstić information content (AvgIpc) is 1.88. The van der Waals surface area contributed by atoms with Gasteiger partial charge in [0.25, 0.3) is 0 Å². The van der Waals surface area contributed by atoms with E-state index in [1.165, 1.54) is 0 Å². The third-order valence-electron chi connectivity index (χ3n) is 1.44. The summed E-state index contributed by atoms with van der Waals surface area (Å²) in [5, 5.41) is 0. The van der Waals surface area contributed by atoms with E-state index in [1.807, 2.05) is 24.3 Å². The van der Waals surface area contributed by atoms with Crippen molar-refractivity contribution < 1.29 is 20.4 Å². The largest absolute Gasteiger partial charge is 2.00 e. The molecule has 11 heavy (non-hydrogen) atoms. The molecule has 0 radical (unpaired) electrons. The summed E-state index contributed by atoms with van der Waals surface area (Å²) in [4.78, 5) is 0. The van der Waals surface area contributed by atoms with Crippen molar-refractivity contribution in [3.63, 3.8) is 0 Å². The first-order valence-electron chi connectivity index (χ1n) is 3.43. The van der Waals surface area contributed by atoms with Crippen LogP contribution in [-0.4, -0.2) is 0 Å². The molecule has 0 fully saturated rings. The second-order valence-corrected chi connectivity index (χ2v) is 3.16. The van der Waals surface area contributed by atoms with Crippen LogP contribution in [0.3, 0.4) is 0 Å². The summed E-state index contributed by atoms with van der Waals surface area (Å²) in [6, 6.07) is 11.1. The van der Waals surface area contributed by atoms with Gasteiger partial charge in [-0.15, -0.1) is 0 Å². The predicted molar refractivity (Wildman–Crippen MR) is 43.7 cm³/mol. The zero-order valence-corrected chi connectivity index (χ0v) is 8.39. The van der Waals surface area contributed by atoms with Crippen molar-refractivity contribution in [3.05, 3.63) is 42.8 Å². The van der Waals surface area contributed by atoms with Crippen LogP contribution >= 0.6 is 0 Å². The van der Waals surface area contributed by atoms with Crippen molar-refractivity contribution in [2.24, 2.45) is 0 Å². The Morgan fingerprint density at radius 1 is 1.36 bits per heavy atom. The first kappa shape index (κ1) is 10.9. The van der Waals surface area contributed by atoms with E-state index in [-0.39, 0.29) is 25.8 Å². The van der Waals surface area contributed by atoms with Crippen molar-refractivity contribution >= 4 is 0 Å². The molecular weight excluding hydrogens is 227 g/mol. The van der Waals surface area contributed by atoms with Gasteiger partial charge in [0.1, 0.15) is 0 Å². The van der Waals surface area contributed by atoms with Gasteiger partial charge in [-0.05, 0) is 0 Å². The Balaban J connectivity index is 0.000001000. The summed E-state index contributed by atoms with van der Waals surface area (Å²) in [6.07, 6.45) is 0. The Hall–Kier alpha value is -0.118. The van der Waals surface area contributed by atoms with E-state index in [0.29, 0.717) is 0 Å². The maximum Gasteiger partial charge on any atom is 2.00 e. The van der Waals surface area contributed by atoms with Crippen molar-refractivity contribution in [2.75, 3.05) is 0 Å². The third-order valence-corrected chi connectivity index (χ3v) is 1.44. The molecule has 0 aliphatic rings. The minimum Gasteiger partial charge on any atom is -0.335 e. The molecule has 1 rings (SSSR count). The van der Waals surface area contributed by atoms with Gasteiger partial charge in [0, 0.05) is 0 Å². The molecular formula is C10H12Pd. The Morgan fingerprint density at radius 2 is 2.00 bits per heavy atom. The van der Waals surface area contributed by atoms with Gasteiger partial charge in [-0.25, -0.2) is 0 Å². The first-order chi connectivity index (χ1) is 4.61. The smallest absolute Gasteiger partial charge is 0.335 e. The fraction of sp³-hybridized carbons (Fsp3) is 0.300. The molecule has 0 aromatic heterocycles. The van der Waals surface area contributed by atoms with Crippen molar-refractivity contribution in [1.82, 2.24) is 0 Å². The molecule has 0 saturated carbocycles. The molecule has 0 amide bonds. The molecule has 0 unspecified atom stereocenters. The van der Waals surface area contributed by atoms with Gasteiger partial charge in [0.05, 0.1) is 0 Å². The fourth-order valence-corrected chi connectivity index (χ4v) is 0.814. The van der Waals surface area contributed by atoms with Crippen molar-refractivity contribution in [2.45, 2.75) is 19.3 Å². The Bertz CT molecular complexity index is 196. The molecule has 0 spiro atoms. The predicted octanol–water partition coefficient (Wildman–Crippen LogP) is 2.60. The van der Waals surface area contributed by atoms with Crippen LogP contribution in [0.2, 0.25) is 0 Å². The Labute approximate surface area is 82.7 Å². The van der Waals surface area contributed by atoms with Crippen molar-refractivity contribution in [1.29, 1.82) is 0 Å². The second-order valence-electron chi connectivity index (χ2n) is 3.16. The normalized spacial score (nSPS) is 10.5. The molecule has 62 valence electrons. The van der Waals surface area contributed by atoms with Crippen LogP contribution in [0.5, 0.6) is 0 Å². The minimum absolute atomic E-state index is 0. The second kappa shape index (κ2) is 4.05. The average molecular weight is 239 g/mol. The quantitative estimate of drug-likeness (QED) is 0.521. The summed E-state index contributed by atoms with van der Waals surface area (Å²) >= 11 is 0. The fourth-order valence-electron chi connectivity index (χ4n) is 0.814. The summed E-state index contributed by atoms with van der Waals surface area (Å²) in [7, 11) is 0. The molecule has 0 bridgehead atoms. The first-order valence-corrected chi connectivity index (χ1v) is 3.43. The SMILES string of the molecule is [CH2-]C(C)(C)c1[c-]cccc1.[Pd+2]. The summed E-state index contributed by atoms with van der Waals surface area (Å²) in [5.41, 5.74) is 1.15. The van der Waals surface area contributed by atoms with E-state index in [0.717, 1.165) is 5.56 Å². The molecule has 0 saturated heterocycles. The number of rotatable bonds is 1. The van der Waals surface area contributed by atoms with Crippen LogP contribution in [0.15, 0.2) is 24.3 Å². The van der Waals surface area contributed by atoms with Gasteiger partial charge in [0.2, 0.25) is 0 Å². The van der Waals surface area contributed by atoms with Crippen LogP contribution in [0.4, 0.5) is 0 Å². The Morgan fingerprint density at radius 3 is 2.27 bits per heavy atom. The molecule has 0 nitrogen and oxygen atoms in total. The van der Waals surface area contributed by atoms with Gasteiger partial charge in [-0.1, -0.05) is 13.8 Å². The standard InChI is InChI=1S/C10H12.Pd/c1-10(2,3)9-7-5-4-6-8-9;/h4-7H,1H2,2-3H3;/q-2;+2. The van der Waals surface area contributed by atoms with Crippen LogP contribution < -0.4 is 0 Å². The van der Waals surface area contributed by atoms with Crippen LogP contribution in [0.25, 0.3) is 0 Å². The van der Waals surface area contributed by atoms with E-state index in [2.05, 4.69) is 26.8 Å². The van der Waals surface area contributed by atoms with Crippen LogP contribution in [0, 0.1) is 13.0 Å². The summed E-state index contributed by atoms with van der Waals surface area (Å²) in [5.74, 6) is 0. The zero-order chi connectivity index (χ0) is 7.61. The van der Waals surface area contributed by atoms with E-state index in [4.69, 9.17) is 0 Å². The van der Waals surface area contributed by atoms with Crippen LogP contribution in [0.1, 0.15) is 19.4 Å². The van der Waals surface area contributed by atoms with E-state index >= 15 is 0 Å². The molecule has 1 aromatic carbocycles. The number of hydrogen-bond acceptors (Lipinski definition) is 0. The molecule has 0 heterocycles. The number of benzene rings is 1. The molecule has 1 aromatic rings. The molecule has 1 heteroatoms. The Kier molecular flexibility index (Phi) is 4.00. The number of hydrogen-bond donors (Lipinski definition) is 0. The van der Waals surface area contributed by atoms with Crippen molar-refractivity contribution in [3.8, 4) is 0 Å². The zero-order valence-electron chi connectivity index (χ0n) is 6.83. The van der Waals surface area contributed by atoms with E-state index < -0.39 is 0 Å². The summed E-state index contributed by atoms with van der Waals surface area (Å²) in [6.45, 7) is 8.17. The molecule has 0 aliphatic heterocycles. The monoisotopic (exact) mass is 238 g/mol. The van der Waals surface area contributed by atoms with Gasteiger partial charge < -0.3 is 6.92 Å². The van der Waals surface area contributed by atoms with Gasteiger partial charge in [-0.3, -0.25) is 0 Å². The minimum atomic E-state index is -0.0126. The molecule has 0 N–H and O–H groups in total.